The lowest BCUT2D eigenvalue weighted by atomic mass is 10.2. The number of aromatic nitrogens is 2. The van der Waals surface area contributed by atoms with Crippen molar-refractivity contribution in [2.24, 2.45) is 0 Å². The van der Waals surface area contributed by atoms with Crippen molar-refractivity contribution in [1.82, 2.24) is 9.97 Å². The molecule has 0 bridgehead atoms. The summed E-state index contributed by atoms with van der Waals surface area (Å²) in [7, 11) is 0. The first-order chi connectivity index (χ1) is 12.5. The number of carbonyl (C=O) groups excluding carboxylic acids is 1. The molecular formula is C18H13BrN4O3. The summed E-state index contributed by atoms with van der Waals surface area (Å²) in [6.45, 7) is 0. The molecule has 0 aliphatic heterocycles. The van der Waals surface area contributed by atoms with E-state index in [9.17, 15) is 9.59 Å². The van der Waals surface area contributed by atoms with E-state index in [-0.39, 0.29) is 0 Å². The number of hydrogen-bond donors (Lipinski definition) is 2. The van der Waals surface area contributed by atoms with Crippen LogP contribution in [0.15, 0.2) is 71.6 Å². The first kappa shape index (κ1) is 17.6. The van der Waals surface area contributed by atoms with Crippen LogP contribution in [-0.4, -0.2) is 27.0 Å². The first-order valence-electron chi connectivity index (χ1n) is 7.50. The Balaban J connectivity index is 2.00. The van der Waals surface area contributed by atoms with Crippen molar-refractivity contribution in [3.8, 4) is 0 Å². The van der Waals surface area contributed by atoms with Gasteiger partial charge in [0.15, 0.2) is 0 Å². The molecule has 3 rings (SSSR count). The van der Waals surface area contributed by atoms with Crippen molar-refractivity contribution in [3.63, 3.8) is 0 Å². The van der Waals surface area contributed by atoms with Crippen molar-refractivity contribution in [2.75, 3.05) is 10.4 Å². The molecule has 1 aromatic heterocycles. The van der Waals surface area contributed by atoms with E-state index >= 15 is 0 Å². The molecule has 0 atom stereocenters. The lowest BCUT2D eigenvalue weighted by molar-refractivity contribution is -0.131. The first-order valence-corrected chi connectivity index (χ1v) is 8.29. The Morgan fingerprint density at radius 2 is 2.00 bits per heavy atom. The SMILES string of the molecule is O=C(O)C=CC(=O)N(Nc1cccc(Br)c1)c1ccc2ncncc2c1. The van der Waals surface area contributed by atoms with Crippen LogP contribution < -0.4 is 10.4 Å². The average molecular weight is 413 g/mol. The highest BCUT2D eigenvalue weighted by Gasteiger charge is 2.15. The number of carboxylic acid groups (broad SMARTS) is 1. The molecule has 0 unspecified atom stereocenters. The van der Waals surface area contributed by atoms with E-state index in [2.05, 4.69) is 31.3 Å². The number of amides is 1. The third kappa shape index (κ3) is 4.22. The number of benzene rings is 2. The Morgan fingerprint density at radius 3 is 2.77 bits per heavy atom. The molecule has 0 fully saturated rings. The van der Waals surface area contributed by atoms with Gasteiger partial charge in [-0.25, -0.2) is 19.8 Å². The van der Waals surface area contributed by atoms with Crippen LogP contribution in [0.5, 0.6) is 0 Å². The van der Waals surface area contributed by atoms with Crippen molar-refractivity contribution in [2.45, 2.75) is 0 Å². The van der Waals surface area contributed by atoms with Crippen LogP contribution in [0, 0.1) is 0 Å². The highest BCUT2D eigenvalue weighted by Crippen LogP contribution is 2.23. The van der Waals surface area contributed by atoms with Crippen LogP contribution in [0.1, 0.15) is 0 Å². The zero-order valence-electron chi connectivity index (χ0n) is 13.3. The minimum atomic E-state index is -1.20. The minimum Gasteiger partial charge on any atom is -0.478 e. The van der Waals surface area contributed by atoms with Gasteiger partial charge >= 0.3 is 5.97 Å². The molecule has 26 heavy (non-hydrogen) atoms. The second-order valence-corrected chi connectivity index (χ2v) is 6.15. The lowest BCUT2D eigenvalue weighted by Crippen LogP contribution is -2.35. The number of rotatable bonds is 5. The monoisotopic (exact) mass is 412 g/mol. The molecule has 1 heterocycles. The van der Waals surface area contributed by atoms with Gasteiger partial charge in [-0.15, -0.1) is 0 Å². The fourth-order valence-electron chi connectivity index (χ4n) is 2.26. The zero-order valence-corrected chi connectivity index (χ0v) is 14.9. The Labute approximate surface area is 157 Å². The van der Waals surface area contributed by atoms with Gasteiger partial charge in [0.1, 0.15) is 6.33 Å². The summed E-state index contributed by atoms with van der Waals surface area (Å²) < 4.78 is 0.836. The molecule has 0 spiro atoms. The van der Waals surface area contributed by atoms with E-state index in [4.69, 9.17) is 5.11 Å². The van der Waals surface area contributed by atoms with Crippen molar-refractivity contribution >= 4 is 50.1 Å². The molecule has 3 aromatic rings. The lowest BCUT2D eigenvalue weighted by Gasteiger charge is -2.23. The summed E-state index contributed by atoms with van der Waals surface area (Å²) in [6.07, 6.45) is 4.86. The molecule has 2 N–H and O–H groups in total. The maximum Gasteiger partial charge on any atom is 0.328 e. The molecular weight excluding hydrogens is 400 g/mol. The third-order valence-electron chi connectivity index (χ3n) is 3.40. The minimum absolute atomic E-state index is 0.521. The Bertz CT molecular complexity index is 1010. The predicted molar refractivity (Wildman–Crippen MR) is 102 cm³/mol. The van der Waals surface area contributed by atoms with Gasteiger partial charge in [0, 0.05) is 28.2 Å². The summed E-state index contributed by atoms with van der Waals surface area (Å²) in [5, 5.41) is 10.8. The fraction of sp³-hybridized carbons (Fsp3) is 0. The summed E-state index contributed by atoms with van der Waals surface area (Å²) in [5.74, 6) is -1.74. The number of nitrogens with zero attached hydrogens (tertiary/aromatic N) is 3. The van der Waals surface area contributed by atoms with E-state index in [0.717, 1.165) is 27.5 Å². The average Bonchev–Trinajstić information content (AvgIpc) is 2.64. The number of aliphatic carboxylic acids is 1. The summed E-state index contributed by atoms with van der Waals surface area (Å²) in [6, 6.07) is 12.5. The number of halogens is 1. The van der Waals surface area contributed by atoms with Crippen molar-refractivity contribution < 1.29 is 14.7 Å². The normalized spacial score (nSPS) is 10.8. The van der Waals surface area contributed by atoms with E-state index in [1.54, 1.807) is 36.5 Å². The Hall–Kier alpha value is -3.26. The van der Waals surface area contributed by atoms with E-state index in [0.29, 0.717) is 11.4 Å². The summed E-state index contributed by atoms with van der Waals surface area (Å²) in [4.78, 5) is 31.4. The largest absolute Gasteiger partial charge is 0.478 e. The molecule has 0 saturated carbocycles. The van der Waals surface area contributed by atoms with Crippen LogP contribution in [0.4, 0.5) is 11.4 Å². The van der Waals surface area contributed by atoms with Gasteiger partial charge < -0.3 is 5.11 Å². The number of hydrogen-bond acceptors (Lipinski definition) is 5. The number of hydrazine groups is 1. The fourth-order valence-corrected chi connectivity index (χ4v) is 2.66. The molecule has 0 aliphatic carbocycles. The van der Waals surface area contributed by atoms with Crippen LogP contribution in [0.3, 0.4) is 0 Å². The molecule has 1 amide bonds. The zero-order chi connectivity index (χ0) is 18.5. The number of nitrogens with one attached hydrogen (secondary N) is 1. The van der Waals surface area contributed by atoms with Crippen LogP contribution in [-0.2, 0) is 9.59 Å². The maximum atomic E-state index is 12.5. The number of anilines is 2. The van der Waals surface area contributed by atoms with Crippen LogP contribution in [0.2, 0.25) is 0 Å². The van der Waals surface area contributed by atoms with Crippen molar-refractivity contribution in [3.05, 3.63) is 71.6 Å². The topological polar surface area (TPSA) is 95.4 Å². The number of carbonyl (C=O) groups is 2. The van der Waals surface area contributed by atoms with Gasteiger partial charge in [-0.2, -0.15) is 0 Å². The van der Waals surface area contributed by atoms with Crippen LogP contribution >= 0.6 is 15.9 Å². The second-order valence-electron chi connectivity index (χ2n) is 5.23. The van der Waals surface area contributed by atoms with E-state index in [1.807, 2.05) is 12.1 Å². The van der Waals surface area contributed by atoms with Gasteiger partial charge in [0.05, 0.1) is 16.9 Å². The summed E-state index contributed by atoms with van der Waals surface area (Å²) >= 11 is 3.38. The predicted octanol–water partition coefficient (Wildman–Crippen LogP) is 3.39. The van der Waals surface area contributed by atoms with Gasteiger partial charge in [0.25, 0.3) is 5.91 Å². The smallest absolute Gasteiger partial charge is 0.328 e. The molecule has 130 valence electrons. The third-order valence-corrected chi connectivity index (χ3v) is 3.89. The number of fused-ring (bicyclic) bond motifs is 1. The highest BCUT2D eigenvalue weighted by molar-refractivity contribution is 9.10. The maximum absolute atomic E-state index is 12.5. The molecule has 0 aliphatic rings. The second kappa shape index (κ2) is 7.75. The summed E-state index contributed by atoms with van der Waals surface area (Å²) in [5.41, 5.74) is 4.90. The molecule has 0 saturated heterocycles. The van der Waals surface area contributed by atoms with Crippen LogP contribution in [0.25, 0.3) is 10.9 Å². The highest BCUT2D eigenvalue weighted by atomic mass is 79.9. The van der Waals surface area contributed by atoms with E-state index in [1.165, 1.54) is 11.3 Å². The molecule has 8 heteroatoms. The van der Waals surface area contributed by atoms with Gasteiger partial charge in [0.2, 0.25) is 0 Å². The molecule has 0 radical (unpaired) electrons. The standard InChI is InChI=1S/C18H13BrN4O3/c19-13-2-1-3-14(9-13)22-23(17(24)6-7-18(25)26)15-4-5-16-12(8-15)10-20-11-21-16/h1-11,22H,(H,25,26). The van der Waals surface area contributed by atoms with Gasteiger partial charge in [-0.1, -0.05) is 22.0 Å². The Morgan fingerprint density at radius 1 is 1.15 bits per heavy atom. The van der Waals surface area contributed by atoms with Gasteiger partial charge in [-0.05, 0) is 36.4 Å². The van der Waals surface area contributed by atoms with E-state index < -0.39 is 11.9 Å². The Kier molecular flexibility index (Phi) is 5.23. The van der Waals surface area contributed by atoms with Crippen molar-refractivity contribution in [1.29, 1.82) is 0 Å². The molecule has 2 aromatic carbocycles. The van der Waals surface area contributed by atoms with Gasteiger partial charge in [-0.3, -0.25) is 10.2 Å². The quantitative estimate of drug-likeness (QED) is 0.492. The molecule has 7 nitrogen and oxygen atoms in total. The number of carboxylic acids is 1.